The topological polar surface area (TPSA) is 0 Å². The Balaban J connectivity index is 1.54. The van der Waals surface area contributed by atoms with Gasteiger partial charge in [-0.15, -0.1) is 0 Å². The molecule has 0 aliphatic heterocycles. The van der Waals surface area contributed by atoms with Crippen LogP contribution in [0.3, 0.4) is 0 Å². The molecule has 0 N–H and O–H groups in total. The summed E-state index contributed by atoms with van der Waals surface area (Å²) in [5.41, 5.74) is 0.812. The minimum absolute atomic E-state index is 0.222. The van der Waals surface area contributed by atoms with Gasteiger partial charge in [-0.3, -0.25) is 0 Å². The molecule has 0 heterocycles. The van der Waals surface area contributed by atoms with E-state index in [-0.39, 0.29) is 11.6 Å². The molecule has 0 aromatic heterocycles. The van der Waals surface area contributed by atoms with Crippen LogP contribution in [0.5, 0.6) is 0 Å². The number of benzene rings is 2. The van der Waals surface area contributed by atoms with Crippen LogP contribution >= 0.6 is 0 Å². The van der Waals surface area contributed by atoms with E-state index in [9.17, 15) is 8.78 Å². The van der Waals surface area contributed by atoms with Gasteiger partial charge in [-0.2, -0.15) is 0 Å². The molecular weight excluding hydrogens is 314 g/mol. The SMILES string of the molecule is CCCC1CCC2CC(c3cc4cccc(F)c4cc3F)CCC2C1. The molecule has 2 fully saturated rings. The summed E-state index contributed by atoms with van der Waals surface area (Å²) in [6.07, 6.45) is 10.1. The lowest BCUT2D eigenvalue weighted by Crippen LogP contribution is -2.30. The summed E-state index contributed by atoms with van der Waals surface area (Å²) in [6.45, 7) is 2.29. The summed E-state index contributed by atoms with van der Waals surface area (Å²) in [5, 5.41) is 1.22. The van der Waals surface area contributed by atoms with E-state index < -0.39 is 0 Å². The molecule has 2 aliphatic rings. The molecule has 0 bridgehead atoms. The van der Waals surface area contributed by atoms with E-state index in [0.29, 0.717) is 11.3 Å². The van der Waals surface area contributed by atoms with Crippen LogP contribution in [0.1, 0.15) is 69.8 Å². The van der Waals surface area contributed by atoms with Crippen LogP contribution in [-0.2, 0) is 0 Å². The minimum atomic E-state index is -0.332. The van der Waals surface area contributed by atoms with Crippen molar-refractivity contribution >= 4 is 10.8 Å². The first-order chi connectivity index (χ1) is 12.2. The zero-order valence-electron chi connectivity index (χ0n) is 15.1. The molecule has 2 aromatic carbocycles. The molecule has 4 rings (SSSR count). The number of hydrogen-bond acceptors (Lipinski definition) is 0. The fraction of sp³-hybridized carbons (Fsp3) is 0.565. The van der Waals surface area contributed by atoms with Gasteiger partial charge in [0.25, 0.3) is 0 Å². The van der Waals surface area contributed by atoms with Crippen LogP contribution < -0.4 is 0 Å². The standard InChI is InChI=1S/C23H28F2/c1-2-4-15-7-8-17-12-19(10-9-16(17)11-15)20-13-18-5-3-6-22(24)21(18)14-23(20)25/h3,5-6,13-17,19H,2,4,7-12H2,1H3. The first-order valence-electron chi connectivity index (χ1n) is 10.0. The van der Waals surface area contributed by atoms with Crippen LogP contribution in [0.4, 0.5) is 8.78 Å². The van der Waals surface area contributed by atoms with Gasteiger partial charge in [0.2, 0.25) is 0 Å². The molecule has 25 heavy (non-hydrogen) atoms. The van der Waals surface area contributed by atoms with Crippen LogP contribution in [0.25, 0.3) is 10.8 Å². The van der Waals surface area contributed by atoms with Gasteiger partial charge in [0, 0.05) is 5.39 Å². The highest BCUT2D eigenvalue weighted by atomic mass is 19.1. The average molecular weight is 342 g/mol. The van der Waals surface area contributed by atoms with Crippen LogP contribution in [-0.4, -0.2) is 0 Å². The van der Waals surface area contributed by atoms with Crippen LogP contribution in [0.15, 0.2) is 30.3 Å². The van der Waals surface area contributed by atoms with Crippen molar-refractivity contribution in [2.24, 2.45) is 17.8 Å². The Hall–Kier alpha value is -1.44. The van der Waals surface area contributed by atoms with E-state index in [2.05, 4.69) is 6.92 Å². The Kier molecular flexibility index (Phi) is 4.80. The predicted molar refractivity (Wildman–Crippen MR) is 99.7 cm³/mol. The Bertz CT molecular complexity index is 751. The van der Waals surface area contributed by atoms with E-state index in [4.69, 9.17) is 0 Å². The van der Waals surface area contributed by atoms with Gasteiger partial charge < -0.3 is 0 Å². The molecule has 0 nitrogen and oxygen atoms in total. The van der Waals surface area contributed by atoms with Gasteiger partial charge >= 0.3 is 0 Å². The Morgan fingerprint density at radius 2 is 1.72 bits per heavy atom. The van der Waals surface area contributed by atoms with Gasteiger partial charge in [-0.1, -0.05) is 38.3 Å². The first-order valence-corrected chi connectivity index (χ1v) is 10.0. The third kappa shape index (κ3) is 3.32. The maximum Gasteiger partial charge on any atom is 0.131 e. The molecule has 134 valence electrons. The largest absolute Gasteiger partial charge is 0.207 e. The lowest BCUT2D eigenvalue weighted by Gasteiger charge is -2.42. The lowest BCUT2D eigenvalue weighted by atomic mass is 9.63. The van der Waals surface area contributed by atoms with Crippen molar-refractivity contribution in [1.82, 2.24) is 0 Å². The number of halogens is 2. The van der Waals surface area contributed by atoms with Crippen molar-refractivity contribution in [3.8, 4) is 0 Å². The second-order valence-electron chi connectivity index (χ2n) is 8.33. The summed E-state index contributed by atoms with van der Waals surface area (Å²) >= 11 is 0. The maximum absolute atomic E-state index is 14.7. The molecule has 0 saturated heterocycles. The zero-order valence-corrected chi connectivity index (χ0v) is 15.1. The molecule has 4 atom stereocenters. The van der Waals surface area contributed by atoms with Crippen molar-refractivity contribution in [2.75, 3.05) is 0 Å². The van der Waals surface area contributed by atoms with E-state index in [1.807, 2.05) is 12.1 Å². The Labute approximate surface area is 149 Å². The van der Waals surface area contributed by atoms with Crippen LogP contribution in [0.2, 0.25) is 0 Å². The molecule has 0 amide bonds. The van der Waals surface area contributed by atoms with Gasteiger partial charge in [-0.05, 0) is 84.9 Å². The Morgan fingerprint density at radius 3 is 2.56 bits per heavy atom. The summed E-state index contributed by atoms with van der Waals surface area (Å²) in [5.74, 6) is 2.28. The van der Waals surface area contributed by atoms with Crippen molar-refractivity contribution in [3.63, 3.8) is 0 Å². The van der Waals surface area contributed by atoms with Gasteiger partial charge in [-0.25, -0.2) is 8.78 Å². The predicted octanol–water partition coefficient (Wildman–Crippen LogP) is 7.22. The molecule has 0 radical (unpaired) electrons. The van der Waals surface area contributed by atoms with Crippen molar-refractivity contribution < 1.29 is 8.78 Å². The summed E-state index contributed by atoms with van der Waals surface area (Å²) in [4.78, 5) is 0. The number of hydrogen-bond donors (Lipinski definition) is 0. The smallest absolute Gasteiger partial charge is 0.131 e. The third-order valence-electron chi connectivity index (χ3n) is 6.80. The maximum atomic E-state index is 14.7. The molecule has 2 aliphatic carbocycles. The van der Waals surface area contributed by atoms with Gasteiger partial charge in [0.1, 0.15) is 11.6 Å². The van der Waals surface area contributed by atoms with Gasteiger partial charge in [0.15, 0.2) is 0 Å². The third-order valence-corrected chi connectivity index (χ3v) is 6.80. The summed E-state index contributed by atoms with van der Waals surface area (Å²) in [6, 6.07) is 8.32. The van der Waals surface area contributed by atoms with E-state index in [0.717, 1.165) is 41.5 Å². The van der Waals surface area contributed by atoms with Crippen LogP contribution in [0, 0.1) is 29.4 Å². The molecule has 0 spiro atoms. The normalized spacial score (nSPS) is 29.6. The number of rotatable bonds is 3. The summed E-state index contributed by atoms with van der Waals surface area (Å²) < 4.78 is 28.6. The fourth-order valence-corrected chi connectivity index (χ4v) is 5.53. The van der Waals surface area contributed by atoms with E-state index in [1.54, 1.807) is 6.07 Å². The molecular formula is C23H28F2. The highest BCUT2D eigenvalue weighted by Gasteiger charge is 2.36. The lowest BCUT2D eigenvalue weighted by molar-refractivity contribution is 0.113. The monoisotopic (exact) mass is 342 g/mol. The van der Waals surface area contributed by atoms with Crippen molar-refractivity contribution in [2.45, 2.75) is 64.2 Å². The molecule has 4 unspecified atom stereocenters. The first kappa shape index (κ1) is 17.0. The number of fused-ring (bicyclic) bond motifs is 2. The average Bonchev–Trinajstić information content (AvgIpc) is 2.62. The van der Waals surface area contributed by atoms with Crippen molar-refractivity contribution in [1.29, 1.82) is 0 Å². The summed E-state index contributed by atoms with van der Waals surface area (Å²) in [7, 11) is 0. The minimum Gasteiger partial charge on any atom is -0.207 e. The van der Waals surface area contributed by atoms with E-state index in [1.165, 1.54) is 50.7 Å². The highest BCUT2D eigenvalue weighted by molar-refractivity contribution is 5.84. The highest BCUT2D eigenvalue weighted by Crippen LogP contribution is 2.49. The molecule has 2 aromatic rings. The fourth-order valence-electron chi connectivity index (χ4n) is 5.53. The zero-order chi connectivity index (χ0) is 17.4. The van der Waals surface area contributed by atoms with Gasteiger partial charge in [0.05, 0.1) is 0 Å². The van der Waals surface area contributed by atoms with Crippen molar-refractivity contribution in [3.05, 3.63) is 47.5 Å². The molecule has 2 saturated carbocycles. The second-order valence-corrected chi connectivity index (χ2v) is 8.33. The Morgan fingerprint density at radius 1 is 0.920 bits per heavy atom. The molecule has 2 heteroatoms. The second kappa shape index (κ2) is 7.05. The van der Waals surface area contributed by atoms with E-state index >= 15 is 0 Å². The quantitative estimate of drug-likeness (QED) is 0.552.